The standard InChI is InChI=1S/C15H15ClFNO4/c1-15(8-21-9-4-5-10(16)11(17)7-9)14(20)18-6-2-3-12(18)13(19)22-15/h4-5,7,12H,2-3,6,8H2,1H3/t12-,15+/m1/s1. The molecule has 1 amide bonds. The molecule has 0 saturated carbocycles. The summed E-state index contributed by atoms with van der Waals surface area (Å²) in [6.07, 6.45) is 1.41. The lowest BCUT2D eigenvalue weighted by atomic mass is 10.0. The van der Waals surface area contributed by atoms with Gasteiger partial charge in [-0.25, -0.2) is 9.18 Å². The monoisotopic (exact) mass is 327 g/mol. The average Bonchev–Trinajstić information content (AvgIpc) is 2.96. The fourth-order valence-electron chi connectivity index (χ4n) is 2.77. The normalized spacial score (nSPS) is 27.6. The fraction of sp³-hybridized carbons (Fsp3) is 0.467. The number of hydrogen-bond acceptors (Lipinski definition) is 4. The number of benzene rings is 1. The van der Waals surface area contributed by atoms with Crippen LogP contribution in [0.15, 0.2) is 18.2 Å². The highest BCUT2D eigenvalue weighted by Crippen LogP contribution is 2.31. The van der Waals surface area contributed by atoms with Crippen LogP contribution in [0.4, 0.5) is 4.39 Å². The number of esters is 1. The number of carbonyl (C=O) groups is 2. The predicted octanol–water partition coefficient (Wildman–Crippen LogP) is 2.16. The van der Waals surface area contributed by atoms with E-state index in [9.17, 15) is 14.0 Å². The number of ether oxygens (including phenoxy) is 2. The summed E-state index contributed by atoms with van der Waals surface area (Å²) in [5.41, 5.74) is -1.39. The van der Waals surface area contributed by atoms with Gasteiger partial charge in [-0.15, -0.1) is 0 Å². The summed E-state index contributed by atoms with van der Waals surface area (Å²) in [5.74, 6) is -1.08. The molecule has 0 spiro atoms. The Labute approximate surface area is 131 Å². The average molecular weight is 328 g/mol. The Bertz CT molecular complexity index is 638. The molecule has 22 heavy (non-hydrogen) atoms. The van der Waals surface area contributed by atoms with Crippen LogP contribution in [-0.4, -0.2) is 41.6 Å². The van der Waals surface area contributed by atoms with Gasteiger partial charge in [-0.05, 0) is 31.9 Å². The maximum atomic E-state index is 13.4. The number of rotatable bonds is 3. The zero-order chi connectivity index (χ0) is 15.9. The van der Waals surface area contributed by atoms with Gasteiger partial charge in [0.1, 0.15) is 24.2 Å². The van der Waals surface area contributed by atoms with Crippen LogP contribution in [0.1, 0.15) is 19.8 Å². The van der Waals surface area contributed by atoms with E-state index in [-0.39, 0.29) is 23.3 Å². The molecule has 2 aliphatic rings. The largest absolute Gasteiger partial charge is 0.489 e. The summed E-state index contributed by atoms with van der Waals surface area (Å²) in [6.45, 7) is 1.87. The molecule has 2 fully saturated rings. The van der Waals surface area contributed by atoms with Gasteiger partial charge in [-0.3, -0.25) is 4.79 Å². The molecule has 5 nitrogen and oxygen atoms in total. The van der Waals surface area contributed by atoms with Gasteiger partial charge in [0.25, 0.3) is 5.91 Å². The third kappa shape index (κ3) is 2.52. The van der Waals surface area contributed by atoms with Crippen LogP contribution in [0.2, 0.25) is 5.02 Å². The van der Waals surface area contributed by atoms with Crippen molar-refractivity contribution in [1.82, 2.24) is 4.90 Å². The lowest BCUT2D eigenvalue weighted by Crippen LogP contribution is -2.61. The van der Waals surface area contributed by atoms with Gasteiger partial charge >= 0.3 is 5.97 Å². The second-order valence-electron chi connectivity index (χ2n) is 5.67. The molecule has 2 atom stereocenters. The first-order valence-corrected chi connectivity index (χ1v) is 7.40. The van der Waals surface area contributed by atoms with E-state index in [4.69, 9.17) is 21.1 Å². The Kier molecular flexibility index (Phi) is 3.72. The summed E-state index contributed by atoms with van der Waals surface area (Å²) >= 11 is 5.60. The van der Waals surface area contributed by atoms with Crippen molar-refractivity contribution in [2.45, 2.75) is 31.4 Å². The third-order valence-electron chi connectivity index (χ3n) is 3.97. The van der Waals surface area contributed by atoms with E-state index in [1.54, 1.807) is 0 Å². The maximum Gasteiger partial charge on any atom is 0.330 e. The number of fused-ring (bicyclic) bond motifs is 1. The van der Waals surface area contributed by atoms with Crippen LogP contribution in [0, 0.1) is 5.82 Å². The van der Waals surface area contributed by atoms with E-state index < -0.39 is 23.4 Å². The Balaban J connectivity index is 1.74. The summed E-state index contributed by atoms with van der Waals surface area (Å²) in [7, 11) is 0. The van der Waals surface area contributed by atoms with Gasteiger partial charge in [0, 0.05) is 12.6 Å². The summed E-state index contributed by atoms with van der Waals surface area (Å²) in [6, 6.07) is 3.50. The Morgan fingerprint density at radius 3 is 3.00 bits per heavy atom. The lowest BCUT2D eigenvalue weighted by molar-refractivity contribution is -0.191. The van der Waals surface area contributed by atoms with Crippen molar-refractivity contribution >= 4 is 23.5 Å². The first kappa shape index (κ1) is 15.1. The van der Waals surface area contributed by atoms with Gasteiger partial charge in [-0.1, -0.05) is 11.6 Å². The predicted molar refractivity (Wildman–Crippen MR) is 76.1 cm³/mol. The smallest absolute Gasteiger partial charge is 0.330 e. The van der Waals surface area contributed by atoms with Crippen molar-refractivity contribution in [2.24, 2.45) is 0 Å². The maximum absolute atomic E-state index is 13.4. The van der Waals surface area contributed by atoms with E-state index in [1.165, 1.54) is 24.0 Å². The number of halogens is 2. The second-order valence-corrected chi connectivity index (χ2v) is 6.08. The van der Waals surface area contributed by atoms with Gasteiger partial charge in [0.2, 0.25) is 5.60 Å². The van der Waals surface area contributed by atoms with Crippen molar-refractivity contribution in [3.63, 3.8) is 0 Å². The molecule has 1 aromatic carbocycles. The van der Waals surface area contributed by atoms with E-state index in [0.717, 1.165) is 12.5 Å². The van der Waals surface area contributed by atoms with E-state index in [2.05, 4.69) is 0 Å². The zero-order valence-corrected chi connectivity index (χ0v) is 12.7. The molecule has 0 unspecified atom stereocenters. The number of cyclic esters (lactones) is 1. The van der Waals surface area contributed by atoms with Crippen LogP contribution < -0.4 is 4.74 Å². The highest BCUT2D eigenvalue weighted by Gasteiger charge is 2.52. The summed E-state index contributed by atoms with van der Waals surface area (Å²) in [5, 5.41) is -0.0151. The highest BCUT2D eigenvalue weighted by molar-refractivity contribution is 6.30. The molecule has 2 aliphatic heterocycles. The topological polar surface area (TPSA) is 55.8 Å². The molecule has 0 bridgehead atoms. The number of carbonyl (C=O) groups excluding carboxylic acids is 2. The molecule has 2 heterocycles. The minimum Gasteiger partial charge on any atom is -0.489 e. The van der Waals surface area contributed by atoms with Crippen LogP contribution in [0.5, 0.6) is 5.75 Å². The fourth-order valence-corrected chi connectivity index (χ4v) is 2.89. The molecular formula is C15H15ClFNO4. The molecule has 0 radical (unpaired) electrons. The molecule has 3 rings (SSSR count). The van der Waals surface area contributed by atoms with Crippen molar-refractivity contribution in [2.75, 3.05) is 13.2 Å². The molecule has 2 saturated heterocycles. The third-order valence-corrected chi connectivity index (χ3v) is 4.28. The Morgan fingerprint density at radius 1 is 1.50 bits per heavy atom. The van der Waals surface area contributed by atoms with Crippen LogP contribution in [-0.2, 0) is 14.3 Å². The molecular weight excluding hydrogens is 313 g/mol. The quantitative estimate of drug-likeness (QED) is 0.798. The molecule has 1 aromatic rings. The lowest BCUT2D eigenvalue weighted by Gasteiger charge is -2.39. The Morgan fingerprint density at radius 2 is 2.27 bits per heavy atom. The van der Waals surface area contributed by atoms with Gasteiger partial charge in [0.05, 0.1) is 5.02 Å². The first-order chi connectivity index (χ1) is 10.4. The van der Waals surface area contributed by atoms with Crippen molar-refractivity contribution in [3.05, 3.63) is 29.0 Å². The SMILES string of the molecule is C[C@@]1(COc2ccc(Cl)c(F)c2)OC(=O)[C@H]2CCCN2C1=O. The minimum atomic E-state index is -1.39. The van der Waals surface area contributed by atoms with E-state index >= 15 is 0 Å². The van der Waals surface area contributed by atoms with Crippen molar-refractivity contribution < 1.29 is 23.5 Å². The van der Waals surface area contributed by atoms with Gasteiger partial charge in [0.15, 0.2) is 0 Å². The molecule has 0 aromatic heterocycles. The highest BCUT2D eigenvalue weighted by atomic mass is 35.5. The summed E-state index contributed by atoms with van der Waals surface area (Å²) in [4.78, 5) is 26.0. The summed E-state index contributed by atoms with van der Waals surface area (Å²) < 4.78 is 24.1. The van der Waals surface area contributed by atoms with Crippen molar-refractivity contribution in [1.29, 1.82) is 0 Å². The number of nitrogens with zero attached hydrogens (tertiary/aromatic N) is 1. The van der Waals surface area contributed by atoms with Crippen LogP contribution >= 0.6 is 11.6 Å². The van der Waals surface area contributed by atoms with Crippen LogP contribution in [0.25, 0.3) is 0 Å². The number of morpholine rings is 1. The molecule has 7 heteroatoms. The van der Waals surface area contributed by atoms with Crippen LogP contribution in [0.3, 0.4) is 0 Å². The zero-order valence-electron chi connectivity index (χ0n) is 12.0. The van der Waals surface area contributed by atoms with Gasteiger partial charge < -0.3 is 14.4 Å². The first-order valence-electron chi connectivity index (χ1n) is 7.02. The van der Waals surface area contributed by atoms with Crippen molar-refractivity contribution in [3.8, 4) is 5.75 Å². The minimum absolute atomic E-state index is 0.0151. The van der Waals surface area contributed by atoms with Gasteiger partial charge in [-0.2, -0.15) is 0 Å². The van der Waals surface area contributed by atoms with E-state index in [1.807, 2.05) is 0 Å². The second kappa shape index (κ2) is 5.43. The molecule has 0 aliphatic carbocycles. The number of amides is 1. The van der Waals surface area contributed by atoms with E-state index in [0.29, 0.717) is 13.0 Å². The number of hydrogen-bond donors (Lipinski definition) is 0. The molecule has 118 valence electrons. The molecule has 0 N–H and O–H groups in total. The Hall–Kier alpha value is -1.82.